The van der Waals surface area contributed by atoms with Gasteiger partial charge in [-0.2, -0.15) is 5.26 Å². The van der Waals surface area contributed by atoms with Crippen molar-refractivity contribution in [3.8, 4) is 6.07 Å². The van der Waals surface area contributed by atoms with Crippen molar-refractivity contribution < 1.29 is 9.59 Å². The number of fused-ring (bicyclic) bond motifs is 1. The van der Waals surface area contributed by atoms with Gasteiger partial charge in [-0.05, 0) is 55.9 Å². The first-order valence-electron chi connectivity index (χ1n) is 9.49. The molecule has 1 aromatic carbocycles. The molecule has 2 amide bonds. The topological polar surface area (TPSA) is 74.1 Å². The van der Waals surface area contributed by atoms with Crippen LogP contribution in [-0.4, -0.2) is 22.0 Å². The largest absolute Gasteiger partial charge is 0.274 e. The first kappa shape index (κ1) is 18.7. The lowest BCUT2D eigenvalue weighted by molar-refractivity contribution is -0.121. The molecule has 2 aromatic rings. The maximum absolute atomic E-state index is 12.9. The molecule has 0 bridgehead atoms. The van der Waals surface area contributed by atoms with Crippen LogP contribution in [0.1, 0.15) is 42.1 Å². The molecule has 28 heavy (non-hydrogen) atoms. The van der Waals surface area contributed by atoms with Crippen LogP contribution in [0.2, 0.25) is 0 Å². The second-order valence-corrected chi connectivity index (χ2v) is 8.81. The van der Waals surface area contributed by atoms with Crippen LogP contribution in [0.25, 0.3) is 0 Å². The van der Waals surface area contributed by atoms with Crippen LogP contribution in [0.4, 0.5) is 5.69 Å². The number of hydrogen-bond donors (Lipinski definition) is 0. The molecule has 1 aliphatic carbocycles. The first-order valence-corrected chi connectivity index (χ1v) is 10.4. The van der Waals surface area contributed by atoms with E-state index in [4.69, 9.17) is 4.98 Å². The number of nitrogens with zero attached hydrogens (tertiary/aromatic N) is 3. The average molecular weight is 391 g/mol. The van der Waals surface area contributed by atoms with Crippen molar-refractivity contribution in [1.82, 2.24) is 4.98 Å². The van der Waals surface area contributed by atoms with Crippen molar-refractivity contribution >= 4 is 29.3 Å². The number of thioether (sulfide) groups is 1. The number of benzene rings is 1. The molecule has 0 radical (unpaired) electrons. The van der Waals surface area contributed by atoms with E-state index in [9.17, 15) is 14.9 Å². The molecule has 5 nitrogen and oxygen atoms in total. The molecule has 2 atom stereocenters. The first-order chi connectivity index (χ1) is 13.5. The van der Waals surface area contributed by atoms with Crippen molar-refractivity contribution in [3.05, 3.63) is 52.7 Å². The quantitative estimate of drug-likeness (QED) is 0.744. The summed E-state index contributed by atoms with van der Waals surface area (Å²) in [7, 11) is 0. The molecule has 2 aliphatic rings. The zero-order chi connectivity index (χ0) is 19.8. The van der Waals surface area contributed by atoms with E-state index < -0.39 is 5.25 Å². The molecule has 0 N–H and O–H groups in total. The summed E-state index contributed by atoms with van der Waals surface area (Å²) < 4.78 is 0. The zero-order valence-corrected chi connectivity index (χ0v) is 16.8. The summed E-state index contributed by atoms with van der Waals surface area (Å²) in [6.45, 7) is 4.17. The van der Waals surface area contributed by atoms with E-state index in [1.54, 1.807) is 12.1 Å². The van der Waals surface area contributed by atoms with E-state index in [2.05, 4.69) is 13.0 Å². The molecule has 1 aliphatic heterocycles. The Morgan fingerprint density at radius 1 is 1.21 bits per heavy atom. The second-order valence-electron chi connectivity index (χ2n) is 7.62. The van der Waals surface area contributed by atoms with E-state index in [0.717, 1.165) is 36.1 Å². The Kier molecular flexibility index (Phi) is 4.94. The fraction of sp³-hybridized carbons (Fsp3) is 0.364. The van der Waals surface area contributed by atoms with Gasteiger partial charge in [0.2, 0.25) is 11.8 Å². The molecule has 4 rings (SSSR count). The number of carbonyl (C=O) groups excluding carboxylic acids is 2. The number of aromatic nitrogens is 1. The molecule has 1 saturated heterocycles. The van der Waals surface area contributed by atoms with Gasteiger partial charge in [-0.25, -0.2) is 9.88 Å². The molecular weight excluding hydrogens is 370 g/mol. The number of amides is 2. The minimum atomic E-state index is -0.547. The Morgan fingerprint density at radius 2 is 1.96 bits per heavy atom. The molecule has 0 unspecified atom stereocenters. The molecule has 1 aromatic heterocycles. The highest BCUT2D eigenvalue weighted by Crippen LogP contribution is 2.36. The van der Waals surface area contributed by atoms with Gasteiger partial charge in [0.25, 0.3) is 0 Å². The fourth-order valence-corrected chi connectivity index (χ4v) is 4.89. The summed E-state index contributed by atoms with van der Waals surface area (Å²) in [6.07, 6.45) is 3.03. The number of hydrogen-bond acceptors (Lipinski definition) is 5. The molecule has 1 fully saturated rings. The van der Waals surface area contributed by atoms with Gasteiger partial charge >= 0.3 is 0 Å². The fourth-order valence-electron chi connectivity index (χ4n) is 3.79. The third-order valence-electron chi connectivity index (χ3n) is 5.37. The Balaban J connectivity index is 1.60. The highest BCUT2D eigenvalue weighted by molar-refractivity contribution is 8.00. The normalized spacial score (nSPS) is 21.5. The number of carbonyl (C=O) groups is 2. The van der Waals surface area contributed by atoms with Crippen molar-refractivity contribution in [1.29, 1.82) is 5.26 Å². The smallest absolute Gasteiger partial charge is 0.247 e. The molecular formula is C22H21N3O2S. The number of imide groups is 1. The molecule has 6 heteroatoms. The number of aryl methyl sites for hydroxylation is 2. The van der Waals surface area contributed by atoms with Crippen LogP contribution >= 0.6 is 11.8 Å². The predicted octanol–water partition coefficient (Wildman–Crippen LogP) is 3.81. The van der Waals surface area contributed by atoms with Gasteiger partial charge in [0.05, 0.1) is 16.5 Å². The Hall–Kier alpha value is -2.65. The van der Waals surface area contributed by atoms with Crippen molar-refractivity contribution in [3.63, 3.8) is 0 Å². The van der Waals surface area contributed by atoms with Crippen molar-refractivity contribution in [2.24, 2.45) is 5.92 Å². The zero-order valence-electron chi connectivity index (χ0n) is 15.9. The number of rotatable bonds is 3. The molecule has 2 heterocycles. The molecule has 0 saturated carbocycles. The lowest BCUT2D eigenvalue weighted by Gasteiger charge is -2.22. The third-order valence-corrected chi connectivity index (χ3v) is 6.56. The van der Waals surface area contributed by atoms with E-state index in [0.29, 0.717) is 22.2 Å². The second kappa shape index (κ2) is 7.40. The minimum absolute atomic E-state index is 0.123. The van der Waals surface area contributed by atoms with E-state index in [-0.39, 0.29) is 18.2 Å². The third kappa shape index (κ3) is 3.43. The lowest BCUT2D eigenvalue weighted by Crippen LogP contribution is -2.31. The van der Waals surface area contributed by atoms with E-state index in [1.165, 1.54) is 16.7 Å². The SMILES string of the molecule is Cc1ccc(N2C(=O)C[C@@H](Sc3nc4c(cc3C#N)C[C@@H](C)CC4)C2=O)cc1. The van der Waals surface area contributed by atoms with Crippen LogP contribution in [0.5, 0.6) is 0 Å². The average Bonchev–Trinajstić information content (AvgIpc) is 2.95. The van der Waals surface area contributed by atoms with E-state index >= 15 is 0 Å². The van der Waals surface area contributed by atoms with Crippen molar-refractivity contribution in [2.75, 3.05) is 4.90 Å². The van der Waals surface area contributed by atoms with Crippen LogP contribution in [0.15, 0.2) is 35.4 Å². The summed E-state index contributed by atoms with van der Waals surface area (Å²) in [5.41, 5.74) is 4.31. The van der Waals surface area contributed by atoms with Gasteiger partial charge in [-0.3, -0.25) is 9.59 Å². The van der Waals surface area contributed by atoms with Gasteiger partial charge in [-0.15, -0.1) is 0 Å². The summed E-state index contributed by atoms with van der Waals surface area (Å²) in [5.74, 6) is 0.143. The summed E-state index contributed by atoms with van der Waals surface area (Å²) >= 11 is 1.24. The van der Waals surface area contributed by atoms with E-state index in [1.807, 2.05) is 25.1 Å². The highest BCUT2D eigenvalue weighted by Gasteiger charge is 2.40. The van der Waals surface area contributed by atoms with Gasteiger partial charge < -0.3 is 0 Å². The van der Waals surface area contributed by atoms with Crippen molar-refractivity contribution in [2.45, 2.75) is 49.8 Å². The van der Waals surface area contributed by atoms with Gasteiger partial charge in [0, 0.05) is 12.1 Å². The minimum Gasteiger partial charge on any atom is -0.274 e. The lowest BCUT2D eigenvalue weighted by atomic mass is 9.87. The predicted molar refractivity (Wildman–Crippen MR) is 108 cm³/mol. The van der Waals surface area contributed by atoms with Crippen LogP contribution in [0.3, 0.4) is 0 Å². The van der Waals surface area contributed by atoms with Gasteiger partial charge in [0.1, 0.15) is 11.1 Å². The van der Waals surface area contributed by atoms with Gasteiger partial charge in [0.15, 0.2) is 0 Å². The summed E-state index contributed by atoms with van der Waals surface area (Å²) in [4.78, 5) is 31.4. The maximum atomic E-state index is 12.9. The monoisotopic (exact) mass is 391 g/mol. The van der Waals surface area contributed by atoms with Crippen LogP contribution in [-0.2, 0) is 22.4 Å². The Morgan fingerprint density at radius 3 is 2.68 bits per heavy atom. The Labute approximate surface area is 168 Å². The summed E-state index contributed by atoms with van der Waals surface area (Å²) in [5, 5.41) is 9.58. The van der Waals surface area contributed by atoms with Crippen LogP contribution < -0.4 is 4.90 Å². The molecule has 0 spiro atoms. The molecule has 142 valence electrons. The summed E-state index contributed by atoms with van der Waals surface area (Å²) in [6, 6.07) is 11.5. The van der Waals surface area contributed by atoms with Gasteiger partial charge in [-0.1, -0.05) is 36.4 Å². The highest BCUT2D eigenvalue weighted by atomic mass is 32.2. The standard InChI is InChI=1S/C22H21N3O2S/c1-13-3-6-17(7-4-13)25-20(26)11-19(22(25)27)28-21-16(12-23)10-15-9-14(2)5-8-18(15)24-21/h3-4,6-7,10,14,19H,5,8-9,11H2,1-2H3/t14-,19+/m0/s1. The Bertz CT molecular complexity index is 994. The maximum Gasteiger partial charge on any atom is 0.247 e. The van der Waals surface area contributed by atoms with Crippen LogP contribution in [0, 0.1) is 24.2 Å². The number of anilines is 1. The number of nitriles is 1. The number of pyridine rings is 1.